The Morgan fingerprint density at radius 3 is 1.57 bits per heavy atom. The van der Waals surface area contributed by atoms with Crippen LogP contribution in [0.25, 0.3) is 64.7 Å². The fourth-order valence-corrected chi connectivity index (χ4v) is 15.7. The van der Waals surface area contributed by atoms with Crippen molar-refractivity contribution in [3.8, 4) is 44.5 Å². The van der Waals surface area contributed by atoms with E-state index in [-0.39, 0.29) is 0 Å². The summed E-state index contributed by atoms with van der Waals surface area (Å²) in [6.07, 6.45) is 0. The SMILES string of the molecule is c1ccc(-c2cc(N(c3ccc4c(c3)C3(c5ccccc5-c5ccccc53)c3ccccc3-4)c3ccc4c(c3)sc3ccccc34)cc3c2-c2cccc4c2C3(c2ccccc2)c2ccccc2N4c2ccccc2)cc1. The number of fused-ring (bicyclic) bond motifs is 18. The fraction of sp³-hybridized carbons (Fsp3) is 0.0270. The number of thiophene rings is 1. The Bertz CT molecular complexity index is 4530. The molecule has 0 saturated heterocycles. The predicted octanol–water partition coefficient (Wildman–Crippen LogP) is 19.7. The number of hydrogen-bond acceptors (Lipinski definition) is 3. The molecular weight excluding hydrogens is 949 g/mol. The molecule has 1 atom stereocenters. The molecule has 2 heterocycles. The first-order valence-corrected chi connectivity index (χ1v) is 27.6. The molecule has 77 heavy (non-hydrogen) atoms. The highest BCUT2D eigenvalue weighted by atomic mass is 32.1. The molecule has 0 radical (unpaired) electrons. The van der Waals surface area contributed by atoms with Gasteiger partial charge < -0.3 is 9.80 Å². The molecule has 13 aromatic rings. The molecule has 3 heteroatoms. The highest BCUT2D eigenvalue weighted by Crippen LogP contribution is 2.68. The second-order valence-electron chi connectivity index (χ2n) is 21.0. The van der Waals surface area contributed by atoms with Gasteiger partial charge in [-0.3, -0.25) is 0 Å². The van der Waals surface area contributed by atoms with E-state index >= 15 is 0 Å². The lowest BCUT2D eigenvalue weighted by atomic mass is 9.64. The van der Waals surface area contributed by atoms with Crippen molar-refractivity contribution in [2.24, 2.45) is 0 Å². The summed E-state index contributed by atoms with van der Waals surface area (Å²) in [5.74, 6) is 0. The number of anilines is 6. The normalized spacial score (nSPS) is 15.4. The van der Waals surface area contributed by atoms with Crippen LogP contribution in [0, 0.1) is 0 Å². The fourth-order valence-electron chi connectivity index (χ4n) is 14.6. The summed E-state index contributed by atoms with van der Waals surface area (Å²) in [5, 5.41) is 2.58. The minimum Gasteiger partial charge on any atom is -0.310 e. The van der Waals surface area contributed by atoms with Crippen molar-refractivity contribution in [2.75, 3.05) is 9.80 Å². The van der Waals surface area contributed by atoms with E-state index < -0.39 is 10.8 Å². The molecule has 358 valence electrons. The molecule has 3 aliphatic carbocycles. The third-order valence-electron chi connectivity index (χ3n) is 17.4. The van der Waals surface area contributed by atoms with Gasteiger partial charge in [-0.05, 0) is 150 Å². The summed E-state index contributed by atoms with van der Waals surface area (Å²) in [6, 6.07) is 105. The van der Waals surface area contributed by atoms with Crippen molar-refractivity contribution in [1.29, 1.82) is 0 Å². The molecule has 0 amide bonds. The molecular formula is C74H46N2S. The Morgan fingerprint density at radius 1 is 0.312 bits per heavy atom. The first kappa shape index (κ1) is 42.8. The lowest BCUT2D eigenvalue weighted by Crippen LogP contribution is -2.36. The molecule has 17 rings (SSSR count). The Balaban J connectivity index is 0.995. The second-order valence-corrected chi connectivity index (χ2v) is 22.1. The zero-order valence-electron chi connectivity index (χ0n) is 41.9. The smallest absolute Gasteiger partial charge is 0.0755 e. The van der Waals surface area contributed by atoms with E-state index in [0.29, 0.717) is 0 Å². The van der Waals surface area contributed by atoms with Crippen LogP contribution < -0.4 is 9.80 Å². The zero-order chi connectivity index (χ0) is 50.4. The van der Waals surface area contributed by atoms with Crippen molar-refractivity contribution >= 4 is 65.6 Å². The summed E-state index contributed by atoms with van der Waals surface area (Å²) in [7, 11) is 0. The first-order valence-electron chi connectivity index (χ1n) is 26.7. The van der Waals surface area contributed by atoms with Crippen LogP contribution in [0.5, 0.6) is 0 Å². The van der Waals surface area contributed by atoms with Gasteiger partial charge in [0.05, 0.1) is 22.2 Å². The number of para-hydroxylation sites is 2. The Labute approximate surface area is 451 Å². The summed E-state index contributed by atoms with van der Waals surface area (Å²) in [4.78, 5) is 5.07. The molecule has 0 bridgehead atoms. The minimum atomic E-state index is -0.675. The minimum absolute atomic E-state index is 0.505. The van der Waals surface area contributed by atoms with Gasteiger partial charge in [0, 0.05) is 48.5 Å². The zero-order valence-corrected chi connectivity index (χ0v) is 42.7. The Kier molecular flexibility index (Phi) is 8.88. The molecule has 1 aromatic heterocycles. The standard InChI is InChI=1S/C74H46N2S/c1-4-21-47(22-5-1)60-43-52(45-66-71(60)59-31-20-37-68-72(59)73(66,48-23-6-2-7-24-48)64-35-17-18-36-67(64)76(68)49-25-8-3-9-26-49)75(51-40-42-58-57-30-13-19-38-69(57)77-70(58)46-51)50-39-41-56-55-29-12-16-34-63(55)74(65(56)44-50)61-32-14-10-27-53(61)54-28-11-15-33-62(54)74/h1-46H. The summed E-state index contributed by atoms with van der Waals surface area (Å²) in [5.41, 5.74) is 26.2. The largest absolute Gasteiger partial charge is 0.310 e. The van der Waals surface area contributed by atoms with Gasteiger partial charge in [-0.1, -0.05) is 212 Å². The van der Waals surface area contributed by atoms with E-state index in [4.69, 9.17) is 0 Å². The van der Waals surface area contributed by atoms with Crippen molar-refractivity contribution in [3.63, 3.8) is 0 Å². The highest BCUT2D eigenvalue weighted by Gasteiger charge is 2.54. The van der Waals surface area contributed by atoms with Gasteiger partial charge in [0.25, 0.3) is 0 Å². The number of benzene rings is 12. The average molecular weight is 995 g/mol. The van der Waals surface area contributed by atoms with Crippen LogP contribution in [0.15, 0.2) is 279 Å². The Morgan fingerprint density at radius 2 is 0.844 bits per heavy atom. The van der Waals surface area contributed by atoms with Crippen molar-refractivity contribution in [2.45, 2.75) is 10.8 Å². The lowest BCUT2D eigenvalue weighted by molar-refractivity contribution is 0.753. The average Bonchev–Trinajstić information content (AvgIpc) is 4.28. The van der Waals surface area contributed by atoms with Gasteiger partial charge in [-0.25, -0.2) is 0 Å². The summed E-state index contributed by atoms with van der Waals surface area (Å²) in [6.45, 7) is 0. The van der Waals surface area contributed by atoms with Crippen LogP contribution >= 0.6 is 11.3 Å². The topological polar surface area (TPSA) is 6.48 Å². The third-order valence-corrected chi connectivity index (χ3v) is 18.6. The van der Waals surface area contributed by atoms with Crippen molar-refractivity contribution in [3.05, 3.63) is 324 Å². The molecule has 1 spiro atoms. The van der Waals surface area contributed by atoms with E-state index in [2.05, 4.69) is 289 Å². The molecule has 4 aliphatic rings. The van der Waals surface area contributed by atoms with E-state index in [9.17, 15) is 0 Å². The van der Waals surface area contributed by atoms with Crippen LogP contribution in [0.2, 0.25) is 0 Å². The summed E-state index contributed by atoms with van der Waals surface area (Å²) < 4.78 is 2.56. The quantitative estimate of drug-likeness (QED) is 0.164. The monoisotopic (exact) mass is 994 g/mol. The van der Waals surface area contributed by atoms with E-state index in [1.807, 2.05) is 11.3 Å². The first-order chi connectivity index (χ1) is 38.2. The molecule has 0 saturated carbocycles. The summed E-state index contributed by atoms with van der Waals surface area (Å²) >= 11 is 1.88. The van der Waals surface area contributed by atoms with Gasteiger partial charge in [-0.15, -0.1) is 11.3 Å². The highest BCUT2D eigenvalue weighted by molar-refractivity contribution is 7.25. The van der Waals surface area contributed by atoms with Crippen molar-refractivity contribution < 1.29 is 0 Å². The number of rotatable bonds is 6. The van der Waals surface area contributed by atoms with Crippen LogP contribution in [0.4, 0.5) is 34.1 Å². The third kappa shape index (κ3) is 5.63. The van der Waals surface area contributed by atoms with Gasteiger partial charge in [0.2, 0.25) is 0 Å². The van der Waals surface area contributed by atoms with Gasteiger partial charge >= 0.3 is 0 Å². The number of nitrogens with zero attached hydrogens (tertiary/aromatic N) is 2. The maximum Gasteiger partial charge on any atom is 0.0755 e. The number of hydrogen-bond donors (Lipinski definition) is 0. The van der Waals surface area contributed by atoms with Crippen LogP contribution in [-0.2, 0) is 10.8 Å². The molecule has 1 aliphatic heterocycles. The van der Waals surface area contributed by atoms with Gasteiger partial charge in [0.1, 0.15) is 0 Å². The van der Waals surface area contributed by atoms with Crippen LogP contribution in [0.3, 0.4) is 0 Å². The van der Waals surface area contributed by atoms with E-state index in [0.717, 1.165) is 22.7 Å². The second kappa shape index (κ2) is 16.0. The van der Waals surface area contributed by atoms with Crippen molar-refractivity contribution in [1.82, 2.24) is 0 Å². The molecule has 2 nitrogen and oxygen atoms in total. The molecule has 12 aromatic carbocycles. The maximum atomic E-state index is 2.58. The molecule has 1 unspecified atom stereocenters. The lowest BCUT2D eigenvalue weighted by Gasteiger charge is -2.44. The van der Waals surface area contributed by atoms with Crippen LogP contribution in [-0.4, -0.2) is 0 Å². The van der Waals surface area contributed by atoms with Gasteiger partial charge in [0.15, 0.2) is 0 Å². The molecule has 0 N–H and O–H groups in total. The van der Waals surface area contributed by atoms with Crippen LogP contribution in [0.1, 0.15) is 44.5 Å². The van der Waals surface area contributed by atoms with E-state index in [1.165, 1.54) is 121 Å². The van der Waals surface area contributed by atoms with Gasteiger partial charge in [-0.2, -0.15) is 0 Å². The Hall–Kier alpha value is -9.54. The molecule has 0 fully saturated rings. The predicted molar refractivity (Wildman–Crippen MR) is 321 cm³/mol. The maximum absolute atomic E-state index is 2.58. The van der Waals surface area contributed by atoms with E-state index in [1.54, 1.807) is 0 Å².